The highest BCUT2D eigenvalue weighted by atomic mass is 127. The van der Waals surface area contributed by atoms with Crippen LogP contribution >= 0.6 is 35.3 Å². The van der Waals surface area contributed by atoms with E-state index in [9.17, 15) is 0 Å². The van der Waals surface area contributed by atoms with Crippen LogP contribution in [0.2, 0.25) is 0 Å². The van der Waals surface area contributed by atoms with E-state index in [2.05, 4.69) is 47.7 Å². The molecule has 0 spiro atoms. The number of halogens is 1. The quantitative estimate of drug-likeness (QED) is 0.203. The van der Waals surface area contributed by atoms with Crippen LogP contribution in [-0.2, 0) is 11.8 Å². The third-order valence-electron chi connectivity index (χ3n) is 5.93. The van der Waals surface area contributed by atoms with Gasteiger partial charge in [0.15, 0.2) is 11.6 Å². The number of aryl methyl sites for hydroxylation is 1. The van der Waals surface area contributed by atoms with Crippen molar-refractivity contribution < 1.29 is 0 Å². The van der Waals surface area contributed by atoms with Gasteiger partial charge in [-0.25, -0.2) is 0 Å². The SMILES string of the molecule is CN=C(NCCCc1nnc2ccccn12)NCC1(c2cccs2)CCCCC1.I. The smallest absolute Gasteiger partial charge is 0.191 e. The number of hydrogen-bond acceptors (Lipinski definition) is 4. The zero-order valence-electron chi connectivity index (χ0n) is 17.5. The lowest BCUT2D eigenvalue weighted by atomic mass is 9.73. The molecule has 4 rings (SSSR count). The highest BCUT2D eigenvalue weighted by Gasteiger charge is 2.34. The number of rotatable bonds is 7. The fourth-order valence-corrected chi connectivity index (χ4v) is 5.29. The summed E-state index contributed by atoms with van der Waals surface area (Å²) < 4.78 is 2.06. The van der Waals surface area contributed by atoms with Gasteiger partial charge >= 0.3 is 0 Å². The Bertz CT molecular complexity index is 930. The van der Waals surface area contributed by atoms with Crippen LogP contribution in [0.3, 0.4) is 0 Å². The molecule has 0 aliphatic heterocycles. The summed E-state index contributed by atoms with van der Waals surface area (Å²) in [6.07, 6.45) is 10.4. The van der Waals surface area contributed by atoms with Crippen LogP contribution in [0.25, 0.3) is 5.65 Å². The summed E-state index contributed by atoms with van der Waals surface area (Å²) in [5.74, 6) is 1.89. The van der Waals surface area contributed by atoms with E-state index in [1.54, 1.807) is 0 Å². The van der Waals surface area contributed by atoms with Gasteiger partial charge in [-0.1, -0.05) is 31.4 Å². The Morgan fingerprint density at radius 3 is 2.77 bits per heavy atom. The van der Waals surface area contributed by atoms with Crippen molar-refractivity contribution in [2.45, 2.75) is 50.4 Å². The van der Waals surface area contributed by atoms with Gasteiger partial charge in [-0.2, -0.15) is 0 Å². The first-order valence-electron chi connectivity index (χ1n) is 10.6. The zero-order valence-corrected chi connectivity index (χ0v) is 20.7. The van der Waals surface area contributed by atoms with Crippen molar-refractivity contribution in [1.29, 1.82) is 0 Å². The average Bonchev–Trinajstić information content (AvgIpc) is 3.45. The van der Waals surface area contributed by atoms with Crippen molar-refractivity contribution in [3.63, 3.8) is 0 Å². The highest BCUT2D eigenvalue weighted by Crippen LogP contribution is 2.41. The van der Waals surface area contributed by atoms with Crippen LogP contribution in [0.1, 0.15) is 49.2 Å². The molecule has 1 saturated carbocycles. The van der Waals surface area contributed by atoms with Gasteiger partial charge in [0.2, 0.25) is 0 Å². The normalized spacial score (nSPS) is 16.2. The minimum absolute atomic E-state index is 0. The van der Waals surface area contributed by atoms with Crippen LogP contribution in [0.15, 0.2) is 46.9 Å². The minimum Gasteiger partial charge on any atom is -0.356 e. The van der Waals surface area contributed by atoms with E-state index in [-0.39, 0.29) is 29.4 Å². The predicted molar refractivity (Wildman–Crippen MR) is 135 cm³/mol. The lowest BCUT2D eigenvalue weighted by Gasteiger charge is -2.37. The summed E-state index contributed by atoms with van der Waals surface area (Å²) in [4.78, 5) is 5.95. The van der Waals surface area contributed by atoms with E-state index in [1.165, 1.54) is 37.0 Å². The Hall–Kier alpha value is -1.68. The van der Waals surface area contributed by atoms with Gasteiger partial charge in [-0.15, -0.1) is 45.5 Å². The van der Waals surface area contributed by atoms with Crippen LogP contribution < -0.4 is 10.6 Å². The van der Waals surface area contributed by atoms with E-state index in [0.717, 1.165) is 43.4 Å². The van der Waals surface area contributed by atoms with E-state index in [1.807, 2.05) is 42.8 Å². The van der Waals surface area contributed by atoms with Crippen LogP contribution in [0.4, 0.5) is 0 Å². The summed E-state index contributed by atoms with van der Waals surface area (Å²) in [5, 5.41) is 17.8. The molecule has 30 heavy (non-hydrogen) atoms. The third-order valence-corrected chi connectivity index (χ3v) is 7.04. The molecular formula is C22H31IN6S. The van der Waals surface area contributed by atoms with E-state index >= 15 is 0 Å². The van der Waals surface area contributed by atoms with E-state index in [0.29, 0.717) is 0 Å². The summed E-state index contributed by atoms with van der Waals surface area (Å²) in [5.41, 5.74) is 1.16. The van der Waals surface area contributed by atoms with Gasteiger partial charge in [0, 0.05) is 43.0 Å². The van der Waals surface area contributed by atoms with Crippen LogP contribution in [0.5, 0.6) is 0 Å². The highest BCUT2D eigenvalue weighted by molar-refractivity contribution is 14.0. The number of thiophene rings is 1. The number of pyridine rings is 1. The maximum Gasteiger partial charge on any atom is 0.191 e. The van der Waals surface area contributed by atoms with Crippen molar-refractivity contribution >= 4 is 46.9 Å². The lowest BCUT2D eigenvalue weighted by molar-refractivity contribution is 0.296. The molecule has 1 fully saturated rings. The summed E-state index contributed by atoms with van der Waals surface area (Å²) in [6.45, 7) is 1.80. The second kappa shape index (κ2) is 11.1. The molecule has 3 heterocycles. The molecule has 8 heteroatoms. The van der Waals surface area contributed by atoms with Crippen LogP contribution in [-0.4, -0.2) is 40.7 Å². The van der Waals surface area contributed by atoms with Gasteiger partial charge in [0.25, 0.3) is 0 Å². The Morgan fingerprint density at radius 2 is 2.00 bits per heavy atom. The molecule has 3 aromatic heterocycles. The molecule has 0 radical (unpaired) electrons. The molecule has 1 aliphatic carbocycles. The van der Waals surface area contributed by atoms with Crippen molar-refractivity contribution in [1.82, 2.24) is 25.2 Å². The van der Waals surface area contributed by atoms with Crippen molar-refractivity contribution in [2.75, 3.05) is 20.1 Å². The monoisotopic (exact) mass is 538 g/mol. The Labute approximate surface area is 199 Å². The summed E-state index contributed by atoms with van der Waals surface area (Å²) in [7, 11) is 1.85. The number of nitrogens with one attached hydrogen (secondary N) is 2. The molecular weight excluding hydrogens is 507 g/mol. The fraction of sp³-hybridized carbons (Fsp3) is 0.500. The van der Waals surface area contributed by atoms with Crippen molar-refractivity contribution in [3.05, 3.63) is 52.6 Å². The average molecular weight is 539 g/mol. The number of aromatic nitrogens is 3. The molecule has 0 bridgehead atoms. The number of nitrogens with zero attached hydrogens (tertiary/aromatic N) is 4. The Balaban J connectivity index is 0.00000256. The summed E-state index contributed by atoms with van der Waals surface area (Å²) in [6, 6.07) is 10.5. The van der Waals surface area contributed by atoms with E-state index < -0.39 is 0 Å². The van der Waals surface area contributed by atoms with Gasteiger partial charge < -0.3 is 10.6 Å². The van der Waals surface area contributed by atoms with Crippen molar-refractivity contribution in [2.24, 2.45) is 4.99 Å². The Morgan fingerprint density at radius 1 is 1.13 bits per heavy atom. The molecule has 162 valence electrons. The maximum absolute atomic E-state index is 4.43. The first-order chi connectivity index (χ1) is 14.3. The van der Waals surface area contributed by atoms with Crippen LogP contribution in [0, 0.1) is 0 Å². The van der Waals surface area contributed by atoms with Gasteiger partial charge in [-0.3, -0.25) is 9.39 Å². The largest absolute Gasteiger partial charge is 0.356 e. The third kappa shape index (κ3) is 5.32. The molecule has 0 unspecified atom stereocenters. The second-order valence-electron chi connectivity index (χ2n) is 7.82. The second-order valence-corrected chi connectivity index (χ2v) is 8.77. The van der Waals surface area contributed by atoms with Gasteiger partial charge in [-0.05, 0) is 42.8 Å². The molecule has 3 aromatic rings. The number of aliphatic imine (C=N–C) groups is 1. The first kappa shape index (κ1) is 23.0. The topological polar surface area (TPSA) is 66.6 Å². The molecule has 1 aliphatic rings. The molecule has 2 N–H and O–H groups in total. The number of fused-ring (bicyclic) bond motifs is 1. The van der Waals surface area contributed by atoms with Gasteiger partial charge in [0.05, 0.1) is 0 Å². The standard InChI is InChI=1S/C22H30N6S.HI/c1-23-21(24-14-7-11-20-27-26-19-10-3-6-15-28(19)20)25-17-22(12-4-2-5-13-22)18-9-8-16-29-18;/h3,6,8-10,15-16H,2,4-5,7,11-14,17H2,1H3,(H2,23,24,25);1H. The van der Waals surface area contributed by atoms with Crippen molar-refractivity contribution in [3.8, 4) is 0 Å². The molecule has 6 nitrogen and oxygen atoms in total. The first-order valence-corrected chi connectivity index (χ1v) is 11.5. The van der Waals surface area contributed by atoms with E-state index in [4.69, 9.17) is 0 Å². The lowest BCUT2D eigenvalue weighted by Crippen LogP contribution is -2.46. The van der Waals surface area contributed by atoms with Gasteiger partial charge in [0.1, 0.15) is 5.82 Å². The maximum atomic E-state index is 4.43. The fourth-order valence-electron chi connectivity index (χ4n) is 4.31. The molecule has 0 atom stereocenters. The zero-order chi connectivity index (χ0) is 19.9. The molecule has 0 amide bonds. The Kier molecular flexibility index (Phi) is 8.50. The molecule has 0 saturated heterocycles. The minimum atomic E-state index is 0. The molecule has 0 aromatic carbocycles. The number of guanidine groups is 1. The predicted octanol–water partition coefficient (Wildman–Crippen LogP) is 4.41. The summed E-state index contributed by atoms with van der Waals surface area (Å²) >= 11 is 1.89. The number of hydrogen-bond donors (Lipinski definition) is 2.